The molecule has 3 aromatic heterocycles. The molecule has 0 radical (unpaired) electrons. The fourth-order valence-corrected chi connectivity index (χ4v) is 3.78. The molecule has 0 saturated heterocycles. The second kappa shape index (κ2) is 8.10. The van der Waals surface area contributed by atoms with Gasteiger partial charge in [0.2, 0.25) is 5.89 Å². The second-order valence-electron chi connectivity index (χ2n) is 5.70. The summed E-state index contributed by atoms with van der Waals surface area (Å²) in [4.78, 5) is 0. The molecule has 3 heterocycles. The number of furan rings is 1. The SMILES string of the molecule is CCn1c(Cc2ccccc2)nnc1SCc1nnc(-c2ccc(Br)o2)o1. The van der Waals surface area contributed by atoms with Crippen molar-refractivity contribution in [2.75, 3.05) is 0 Å². The van der Waals surface area contributed by atoms with Crippen LogP contribution in [-0.2, 0) is 18.7 Å². The monoisotopic (exact) mass is 445 g/mol. The Labute approximate surface area is 168 Å². The van der Waals surface area contributed by atoms with Gasteiger partial charge in [0.15, 0.2) is 15.6 Å². The Morgan fingerprint density at radius 2 is 1.85 bits per heavy atom. The van der Waals surface area contributed by atoms with E-state index in [1.54, 1.807) is 12.1 Å². The van der Waals surface area contributed by atoms with Crippen LogP contribution in [0.5, 0.6) is 0 Å². The van der Waals surface area contributed by atoms with Crippen LogP contribution in [0.2, 0.25) is 0 Å². The normalized spacial score (nSPS) is 11.2. The molecule has 138 valence electrons. The molecule has 1 aromatic carbocycles. The molecule has 0 amide bonds. The molecular weight excluding hydrogens is 430 g/mol. The van der Waals surface area contributed by atoms with Gasteiger partial charge in [-0.25, -0.2) is 0 Å². The molecule has 9 heteroatoms. The predicted molar refractivity (Wildman–Crippen MR) is 104 cm³/mol. The van der Waals surface area contributed by atoms with Crippen LogP contribution in [0.15, 0.2) is 61.1 Å². The summed E-state index contributed by atoms with van der Waals surface area (Å²) in [6.45, 7) is 2.88. The Kier molecular flexibility index (Phi) is 5.40. The van der Waals surface area contributed by atoms with Gasteiger partial charge in [0.25, 0.3) is 5.89 Å². The molecule has 0 aliphatic rings. The van der Waals surface area contributed by atoms with E-state index in [0.29, 0.717) is 28.0 Å². The molecule has 7 nitrogen and oxygen atoms in total. The van der Waals surface area contributed by atoms with Crippen LogP contribution in [-0.4, -0.2) is 25.0 Å². The number of thioether (sulfide) groups is 1. The summed E-state index contributed by atoms with van der Waals surface area (Å²) in [7, 11) is 0. The summed E-state index contributed by atoms with van der Waals surface area (Å²) in [5.74, 6) is 2.86. The highest BCUT2D eigenvalue weighted by atomic mass is 79.9. The summed E-state index contributed by atoms with van der Waals surface area (Å²) >= 11 is 4.78. The van der Waals surface area contributed by atoms with Crippen molar-refractivity contribution in [2.24, 2.45) is 0 Å². The molecule has 0 spiro atoms. The van der Waals surface area contributed by atoms with Gasteiger partial charge in [0, 0.05) is 13.0 Å². The quantitative estimate of drug-likeness (QED) is 0.384. The number of hydrogen-bond acceptors (Lipinski definition) is 7. The third kappa shape index (κ3) is 4.14. The summed E-state index contributed by atoms with van der Waals surface area (Å²) in [5.41, 5.74) is 1.21. The van der Waals surface area contributed by atoms with Crippen molar-refractivity contribution in [3.8, 4) is 11.7 Å². The molecular formula is C18H16BrN5O2S. The van der Waals surface area contributed by atoms with E-state index < -0.39 is 0 Å². The van der Waals surface area contributed by atoms with E-state index in [0.717, 1.165) is 23.9 Å². The number of halogens is 1. The Morgan fingerprint density at radius 1 is 1.00 bits per heavy atom. The fraction of sp³-hybridized carbons (Fsp3) is 0.222. The van der Waals surface area contributed by atoms with E-state index in [4.69, 9.17) is 8.83 Å². The van der Waals surface area contributed by atoms with E-state index in [1.165, 1.54) is 17.3 Å². The van der Waals surface area contributed by atoms with Gasteiger partial charge in [0.05, 0.1) is 5.75 Å². The number of aromatic nitrogens is 5. The Morgan fingerprint density at radius 3 is 2.59 bits per heavy atom. The van der Waals surface area contributed by atoms with Gasteiger partial charge in [0.1, 0.15) is 5.82 Å². The van der Waals surface area contributed by atoms with Crippen molar-refractivity contribution in [1.29, 1.82) is 0 Å². The van der Waals surface area contributed by atoms with Gasteiger partial charge in [-0.3, -0.25) is 0 Å². The lowest BCUT2D eigenvalue weighted by Gasteiger charge is -2.06. The highest BCUT2D eigenvalue weighted by Crippen LogP contribution is 2.26. The lowest BCUT2D eigenvalue weighted by Crippen LogP contribution is -2.04. The molecule has 0 atom stereocenters. The standard InChI is InChI=1S/C18H16BrN5O2S/c1-2-24-15(10-12-6-4-3-5-7-12)20-23-18(24)27-11-16-21-22-17(26-16)13-8-9-14(19)25-13/h3-9H,2,10-11H2,1H3. The number of hydrogen-bond donors (Lipinski definition) is 0. The molecule has 27 heavy (non-hydrogen) atoms. The first-order valence-electron chi connectivity index (χ1n) is 8.40. The number of nitrogens with zero attached hydrogens (tertiary/aromatic N) is 5. The van der Waals surface area contributed by atoms with Crippen molar-refractivity contribution in [3.63, 3.8) is 0 Å². The maximum atomic E-state index is 5.67. The smallest absolute Gasteiger partial charge is 0.283 e. The summed E-state index contributed by atoms with van der Waals surface area (Å²) in [5, 5.41) is 17.6. The largest absolute Gasteiger partial charge is 0.444 e. The highest BCUT2D eigenvalue weighted by molar-refractivity contribution is 9.10. The molecule has 4 aromatic rings. The van der Waals surface area contributed by atoms with Gasteiger partial charge < -0.3 is 13.4 Å². The van der Waals surface area contributed by atoms with Gasteiger partial charge in [-0.15, -0.1) is 20.4 Å². The summed E-state index contributed by atoms with van der Waals surface area (Å²) in [6, 6.07) is 13.8. The van der Waals surface area contributed by atoms with Crippen molar-refractivity contribution < 1.29 is 8.83 Å². The van der Waals surface area contributed by atoms with Gasteiger partial charge >= 0.3 is 0 Å². The van der Waals surface area contributed by atoms with Gasteiger partial charge in [-0.1, -0.05) is 42.1 Å². The molecule has 4 rings (SSSR count). The van der Waals surface area contributed by atoms with E-state index in [-0.39, 0.29) is 0 Å². The zero-order valence-corrected chi connectivity index (χ0v) is 16.9. The molecule has 0 unspecified atom stereocenters. The Balaban J connectivity index is 1.45. The lowest BCUT2D eigenvalue weighted by atomic mass is 10.1. The van der Waals surface area contributed by atoms with Crippen LogP contribution < -0.4 is 0 Å². The minimum atomic E-state index is 0.359. The Hall–Kier alpha value is -2.39. The number of benzene rings is 1. The average molecular weight is 446 g/mol. The second-order valence-corrected chi connectivity index (χ2v) is 7.42. The van der Waals surface area contributed by atoms with Crippen LogP contribution in [0, 0.1) is 0 Å². The first-order chi connectivity index (χ1) is 13.2. The summed E-state index contributed by atoms with van der Waals surface area (Å²) in [6.07, 6.45) is 0.750. The van der Waals surface area contributed by atoms with Crippen LogP contribution in [0.3, 0.4) is 0 Å². The number of rotatable bonds is 7. The van der Waals surface area contributed by atoms with Crippen molar-refractivity contribution in [3.05, 3.63) is 64.4 Å². The van der Waals surface area contributed by atoms with E-state index in [2.05, 4.69) is 59.9 Å². The van der Waals surface area contributed by atoms with Crippen molar-refractivity contribution >= 4 is 27.7 Å². The first kappa shape index (κ1) is 18.0. The van der Waals surface area contributed by atoms with Gasteiger partial charge in [-0.2, -0.15) is 0 Å². The van der Waals surface area contributed by atoms with Gasteiger partial charge in [-0.05, 0) is 40.5 Å². The zero-order valence-electron chi connectivity index (χ0n) is 14.5. The molecule has 0 N–H and O–H groups in total. The minimum Gasteiger partial charge on any atom is -0.444 e. The predicted octanol–water partition coefficient (Wildman–Crippen LogP) is 4.59. The fourth-order valence-electron chi connectivity index (χ4n) is 2.62. The highest BCUT2D eigenvalue weighted by Gasteiger charge is 2.16. The van der Waals surface area contributed by atoms with Crippen LogP contribution >= 0.6 is 27.7 Å². The van der Waals surface area contributed by atoms with Crippen LogP contribution in [0.1, 0.15) is 24.2 Å². The van der Waals surface area contributed by atoms with E-state index in [1.807, 2.05) is 18.2 Å². The van der Waals surface area contributed by atoms with E-state index >= 15 is 0 Å². The molecule has 0 saturated carbocycles. The Bertz CT molecular complexity index is 1030. The molecule has 0 bridgehead atoms. The molecule has 0 aliphatic carbocycles. The van der Waals surface area contributed by atoms with Crippen molar-refractivity contribution in [2.45, 2.75) is 30.8 Å². The van der Waals surface area contributed by atoms with Crippen LogP contribution in [0.25, 0.3) is 11.7 Å². The third-order valence-electron chi connectivity index (χ3n) is 3.89. The van der Waals surface area contributed by atoms with Crippen LogP contribution in [0.4, 0.5) is 0 Å². The first-order valence-corrected chi connectivity index (χ1v) is 10.2. The minimum absolute atomic E-state index is 0.359. The average Bonchev–Trinajstić information content (AvgIpc) is 3.40. The summed E-state index contributed by atoms with van der Waals surface area (Å²) < 4.78 is 13.8. The van der Waals surface area contributed by atoms with Crippen molar-refractivity contribution in [1.82, 2.24) is 25.0 Å². The van der Waals surface area contributed by atoms with E-state index in [9.17, 15) is 0 Å². The lowest BCUT2D eigenvalue weighted by molar-refractivity contribution is 0.486. The molecule has 0 fully saturated rings. The third-order valence-corrected chi connectivity index (χ3v) is 5.27. The molecule has 0 aliphatic heterocycles. The zero-order chi connectivity index (χ0) is 18.6. The topological polar surface area (TPSA) is 82.8 Å². The maximum Gasteiger partial charge on any atom is 0.283 e. The maximum absolute atomic E-state index is 5.67.